The van der Waals surface area contributed by atoms with Gasteiger partial charge in [0.05, 0.1) is 11.4 Å². The molecule has 0 fully saturated rings. The minimum absolute atomic E-state index is 0.0755. The highest BCUT2D eigenvalue weighted by molar-refractivity contribution is 6.00. The molecule has 60 heavy (non-hydrogen) atoms. The average molecular weight is 828 g/mol. The van der Waals surface area contributed by atoms with Crippen LogP contribution in [-0.2, 0) is 25.7 Å². The van der Waals surface area contributed by atoms with E-state index in [0.717, 1.165) is 45.3 Å². The zero-order valence-corrected chi connectivity index (χ0v) is 34.5. The second kappa shape index (κ2) is 23.9. The van der Waals surface area contributed by atoms with E-state index in [1.54, 1.807) is 43.3 Å². The van der Waals surface area contributed by atoms with Crippen molar-refractivity contribution in [3.8, 4) is 11.5 Å². The van der Waals surface area contributed by atoms with Gasteiger partial charge in [0.1, 0.15) is 50.9 Å². The van der Waals surface area contributed by atoms with Crippen molar-refractivity contribution in [2.24, 2.45) is 0 Å². The van der Waals surface area contributed by atoms with Gasteiger partial charge in [-0.25, -0.2) is 0 Å². The van der Waals surface area contributed by atoms with Gasteiger partial charge in [-0.2, -0.15) is 0 Å². The predicted octanol–water partition coefficient (Wildman–Crippen LogP) is 8.27. The summed E-state index contributed by atoms with van der Waals surface area (Å²) in [5.41, 5.74) is 3.56. The SMILES string of the molecule is CCCCCCCCCCCC(=O)c1ccc2cc(NCc3ccc(N(CC(=O)O)CC(=O)O)c(OCCOc4cc(C)ccc4N(CC(=O)O)CC(=O)O)c3)ccc2c1. The number of nitrogens with zero attached hydrogens (tertiary/aromatic N) is 2. The zero-order valence-electron chi connectivity index (χ0n) is 34.5. The van der Waals surface area contributed by atoms with Crippen LogP contribution in [0, 0.1) is 6.92 Å². The van der Waals surface area contributed by atoms with Crippen molar-refractivity contribution in [3.05, 3.63) is 89.5 Å². The summed E-state index contributed by atoms with van der Waals surface area (Å²) in [5.74, 6) is -4.31. The van der Waals surface area contributed by atoms with Crippen LogP contribution in [0.15, 0.2) is 72.8 Å². The van der Waals surface area contributed by atoms with Gasteiger partial charge < -0.3 is 45.0 Å². The van der Waals surface area contributed by atoms with Crippen molar-refractivity contribution in [2.45, 2.75) is 84.6 Å². The number of anilines is 3. The topological polar surface area (TPSA) is 203 Å². The molecule has 0 aliphatic heterocycles. The van der Waals surface area contributed by atoms with Gasteiger partial charge in [-0.1, -0.05) is 88.6 Å². The van der Waals surface area contributed by atoms with Gasteiger partial charge in [0.15, 0.2) is 5.78 Å². The maximum atomic E-state index is 13.0. The van der Waals surface area contributed by atoms with Gasteiger partial charge in [0, 0.05) is 24.2 Å². The van der Waals surface area contributed by atoms with E-state index in [2.05, 4.69) is 12.2 Å². The molecule has 0 saturated heterocycles. The van der Waals surface area contributed by atoms with Crippen LogP contribution >= 0.6 is 0 Å². The standard InChI is InChI=1S/C46H57N3O11/c1-3-4-5-6-7-8-9-10-11-12-40(50)36-16-15-35-26-37(18-17-34(35)25-36)47-27-33-14-20-39(49(30-45(55)56)31-46(57)58)42(24-33)60-22-21-59-41-23-32(2)13-19-38(41)48(28-43(51)52)29-44(53)54/h13-20,23-26,47H,3-12,21-22,27-31H2,1-2H3,(H,51,52)(H,53,54)(H,55,56)(H,57,58). The molecule has 0 aliphatic rings. The van der Waals surface area contributed by atoms with E-state index in [0.29, 0.717) is 18.5 Å². The lowest BCUT2D eigenvalue weighted by Crippen LogP contribution is -2.35. The third-order valence-corrected chi connectivity index (χ3v) is 9.89. The molecule has 14 heteroatoms. The van der Waals surface area contributed by atoms with Crippen LogP contribution < -0.4 is 24.6 Å². The lowest BCUT2D eigenvalue weighted by molar-refractivity contribution is -0.138. The molecule has 0 unspecified atom stereocenters. The quantitative estimate of drug-likeness (QED) is 0.0258. The highest BCUT2D eigenvalue weighted by Gasteiger charge is 2.21. The number of unbranched alkanes of at least 4 members (excludes halogenated alkanes) is 8. The zero-order chi connectivity index (χ0) is 43.4. The minimum Gasteiger partial charge on any atom is -0.488 e. The molecule has 4 aromatic carbocycles. The van der Waals surface area contributed by atoms with Crippen LogP contribution in [-0.4, -0.2) is 89.5 Å². The number of ether oxygens (including phenoxy) is 2. The first-order valence-corrected chi connectivity index (χ1v) is 20.5. The number of Topliss-reactive ketones (excluding diaryl/α,β-unsaturated/α-hetero) is 1. The Labute approximate surface area is 350 Å². The monoisotopic (exact) mass is 827 g/mol. The van der Waals surface area contributed by atoms with Crippen molar-refractivity contribution in [1.29, 1.82) is 0 Å². The first-order valence-electron chi connectivity index (χ1n) is 20.5. The summed E-state index contributed by atoms with van der Waals surface area (Å²) in [4.78, 5) is 61.7. The Morgan fingerprint density at radius 1 is 0.567 bits per heavy atom. The maximum Gasteiger partial charge on any atom is 0.323 e. The van der Waals surface area contributed by atoms with Gasteiger partial charge in [0.2, 0.25) is 0 Å². The molecule has 0 aromatic heterocycles. The lowest BCUT2D eigenvalue weighted by atomic mass is 10.00. The number of aryl methyl sites for hydroxylation is 1. The van der Waals surface area contributed by atoms with Crippen LogP contribution in [0.25, 0.3) is 10.8 Å². The number of carbonyl (C=O) groups excluding carboxylic acids is 1. The third kappa shape index (κ3) is 15.5. The summed E-state index contributed by atoms with van der Waals surface area (Å²) in [7, 11) is 0. The maximum absolute atomic E-state index is 13.0. The Kier molecular flexibility index (Phi) is 18.5. The van der Waals surface area contributed by atoms with E-state index in [9.17, 15) is 44.4 Å². The normalized spacial score (nSPS) is 10.9. The molecule has 5 N–H and O–H groups in total. The number of fused-ring (bicyclic) bond motifs is 1. The van der Waals surface area contributed by atoms with Crippen molar-refractivity contribution in [2.75, 3.05) is 54.5 Å². The molecule has 0 saturated carbocycles. The van der Waals surface area contributed by atoms with Gasteiger partial charge in [0.25, 0.3) is 0 Å². The lowest BCUT2D eigenvalue weighted by Gasteiger charge is -2.25. The smallest absolute Gasteiger partial charge is 0.323 e. The summed E-state index contributed by atoms with van der Waals surface area (Å²) >= 11 is 0. The summed E-state index contributed by atoms with van der Waals surface area (Å²) in [5, 5.41) is 43.2. The average Bonchev–Trinajstić information content (AvgIpc) is 3.19. The molecule has 14 nitrogen and oxygen atoms in total. The molecule has 322 valence electrons. The van der Waals surface area contributed by atoms with E-state index in [4.69, 9.17) is 9.47 Å². The molecule has 0 aliphatic carbocycles. The Morgan fingerprint density at radius 3 is 1.63 bits per heavy atom. The van der Waals surface area contributed by atoms with Gasteiger partial charge in [-0.05, 0) is 77.7 Å². The van der Waals surface area contributed by atoms with Crippen LogP contribution in [0.2, 0.25) is 0 Å². The second-order valence-corrected chi connectivity index (χ2v) is 14.9. The Bertz CT molecular complexity index is 2050. The molecule has 4 aromatic rings. The highest BCUT2D eigenvalue weighted by atomic mass is 16.5. The summed E-state index contributed by atoms with van der Waals surface area (Å²) in [6, 6.07) is 21.6. The molecule has 0 atom stereocenters. The van der Waals surface area contributed by atoms with E-state index >= 15 is 0 Å². The number of ketones is 1. The second-order valence-electron chi connectivity index (χ2n) is 14.9. The van der Waals surface area contributed by atoms with E-state index in [1.807, 2.05) is 36.4 Å². The fraction of sp³-hybridized carbons (Fsp3) is 0.413. The number of hydrogen-bond acceptors (Lipinski definition) is 10. The number of benzene rings is 4. The third-order valence-electron chi connectivity index (χ3n) is 9.89. The molecular formula is C46H57N3O11. The van der Waals surface area contributed by atoms with E-state index in [1.165, 1.54) is 49.8 Å². The molecule has 0 heterocycles. The van der Waals surface area contributed by atoms with Crippen LogP contribution in [0.1, 0.15) is 92.6 Å². The summed E-state index contributed by atoms with van der Waals surface area (Å²) < 4.78 is 12.1. The summed E-state index contributed by atoms with van der Waals surface area (Å²) in [6.07, 6.45) is 11.3. The molecule has 0 radical (unpaired) electrons. The van der Waals surface area contributed by atoms with Gasteiger partial charge in [-0.15, -0.1) is 0 Å². The van der Waals surface area contributed by atoms with Crippen molar-refractivity contribution in [3.63, 3.8) is 0 Å². The number of aliphatic carboxylic acids is 4. The Hall–Kier alpha value is -6.31. The number of rotatable bonds is 29. The van der Waals surface area contributed by atoms with Crippen molar-refractivity contribution >= 4 is 57.5 Å². The van der Waals surface area contributed by atoms with Crippen molar-refractivity contribution in [1.82, 2.24) is 0 Å². The van der Waals surface area contributed by atoms with Crippen LogP contribution in [0.4, 0.5) is 17.1 Å². The molecule has 0 amide bonds. The fourth-order valence-electron chi connectivity index (χ4n) is 6.93. The predicted molar refractivity (Wildman–Crippen MR) is 231 cm³/mol. The van der Waals surface area contributed by atoms with Gasteiger partial charge in [-0.3, -0.25) is 24.0 Å². The summed E-state index contributed by atoms with van der Waals surface area (Å²) in [6.45, 7) is 1.85. The molecule has 0 bridgehead atoms. The van der Waals surface area contributed by atoms with E-state index < -0.39 is 50.1 Å². The van der Waals surface area contributed by atoms with Gasteiger partial charge >= 0.3 is 23.9 Å². The molecular weight excluding hydrogens is 771 g/mol. The number of hydrogen-bond donors (Lipinski definition) is 5. The first-order chi connectivity index (χ1) is 28.8. The van der Waals surface area contributed by atoms with Crippen LogP contribution in [0.3, 0.4) is 0 Å². The number of carboxylic acid groups (broad SMARTS) is 4. The van der Waals surface area contributed by atoms with E-state index in [-0.39, 0.29) is 41.9 Å². The minimum atomic E-state index is -1.23. The Balaban J connectivity index is 1.43. The number of nitrogens with one attached hydrogen (secondary N) is 1. The fourth-order valence-corrected chi connectivity index (χ4v) is 6.93. The first kappa shape index (κ1) is 46.4. The number of carbonyl (C=O) groups is 5. The number of carboxylic acids is 4. The Morgan fingerprint density at radius 2 is 1.07 bits per heavy atom. The van der Waals surface area contributed by atoms with Crippen LogP contribution in [0.5, 0.6) is 11.5 Å². The largest absolute Gasteiger partial charge is 0.488 e. The molecule has 4 rings (SSSR count). The molecule has 0 spiro atoms. The highest BCUT2D eigenvalue weighted by Crippen LogP contribution is 2.32. The van der Waals surface area contributed by atoms with Crippen molar-refractivity contribution < 1.29 is 53.9 Å².